The zero-order chi connectivity index (χ0) is 20.1. The minimum Gasteiger partial charge on any atom is -0.466 e. The van der Waals surface area contributed by atoms with Gasteiger partial charge in [-0.3, -0.25) is 9.78 Å². The molecule has 0 aliphatic heterocycles. The zero-order valence-corrected chi connectivity index (χ0v) is 16.2. The Balaban J connectivity index is 2.25. The number of pyridine rings is 2. The topological polar surface area (TPSA) is 102 Å². The van der Waals surface area contributed by atoms with Crippen LogP contribution in [0, 0.1) is 6.92 Å². The molecule has 0 spiro atoms. The van der Waals surface area contributed by atoms with Gasteiger partial charge in [-0.1, -0.05) is 5.16 Å². The third-order valence-electron chi connectivity index (χ3n) is 4.45. The molecule has 0 bridgehead atoms. The number of carbonyl (C=O) groups excluding carboxylic acids is 1. The molecular formula is C20H23N5O3. The average molecular weight is 381 g/mol. The van der Waals surface area contributed by atoms with Crippen molar-refractivity contribution in [1.82, 2.24) is 19.7 Å². The van der Waals surface area contributed by atoms with Gasteiger partial charge in [-0.25, -0.2) is 9.67 Å². The molecule has 0 fully saturated rings. The van der Waals surface area contributed by atoms with Gasteiger partial charge in [-0.2, -0.15) is 5.10 Å². The normalized spacial score (nSPS) is 11.4. The summed E-state index contributed by atoms with van der Waals surface area (Å²) in [5.74, 6) is -0.285. The summed E-state index contributed by atoms with van der Waals surface area (Å²) in [6.45, 7) is 6.71. The summed E-state index contributed by atoms with van der Waals surface area (Å²) in [6, 6.07) is 2.03. The van der Waals surface area contributed by atoms with Crippen LogP contribution in [0.25, 0.3) is 22.2 Å². The highest BCUT2D eigenvalue weighted by atomic mass is 16.5. The van der Waals surface area contributed by atoms with Crippen molar-refractivity contribution in [3.05, 3.63) is 41.5 Å². The highest BCUT2D eigenvalue weighted by Gasteiger charge is 2.20. The van der Waals surface area contributed by atoms with Crippen molar-refractivity contribution in [2.75, 3.05) is 6.61 Å². The number of rotatable bonds is 7. The van der Waals surface area contributed by atoms with Gasteiger partial charge in [-0.15, -0.1) is 0 Å². The molecule has 0 atom stereocenters. The van der Waals surface area contributed by atoms with Gasteiger partial charge in [0.25, 0.3) is 0 Å². The highest BCUT2D eigenvalue weighted by molar-refractivity contribution is 5.99. The number of aromatic nitrogens is 4. The van der Waals surface area contributed by atoms with Crippen molar-refractivity contribution in [1.29, 1.82) is 0 Å². The molecule has 146 valence electrons. The van der Waals surface area contributed by atoms with E-state index in [1.807, 2.05) is 19.9 Å². The number of ether oxygens (including phenoxy) is 1. The molecule has 0 radical (unpaired) electrons. The number of esters is 1. The summed E-state index contributed by atoms with van der Waals surface area (Å²) in [4.78, 5) is 20.9. The quantitative estimate of drug-likeness (QED) is 0.292. The maximum atomic E-state index is 11.9. The first-order valence-electron chi connectivity index (χ1n) is 9.22. The van der Waals surface area contributed by atoms with Gasteiger partial charge in [0.1, 0.15) is 0 Å². The fourth-order valence-electron chi connectivity index (χ4n) is 3.27. The summed E-state index contributed by atoms with van der Waals surface area (Å²) in [6.07, 6.45) is 7.21. The first-order valence-corrected chi connectivity index (χ1v) is 9.22. The molecule has 28 heavy (non-hydrogen) atoms. The number of hydrogen-bond donors (Lipinski definition) is 1. The third-order valence-corrected chi connectivity index (χ3v) is 4.45. The molecule has 0 aromatic carbocycles. The predicted molar refractivity (Wildman–Crippen MR) is 106 cm³/mol. The van der Waals surface area contributed by atoms with Crippen molar-refractivity contribution in [3.63, 3.8) is 0 Å². The molecule has 0 amide bonds. The van der Waals surface area contributed by atoms with Gasteiger partial charge in [-0.05, 0) is 44.4 Å². The molecule has 0 unspecified atom stereocenters. The molecule has 0 aliphatic carbocycles. The van der Waals surface area contributed by atoms with Crippen LogP contribution in [-0.2, 0) is 22.5 Å². The summed E-state index contributed by atoms with van der Waals surface area (Å²) in [5.41, 5.74) is 4.77. The molecule has 3 heterocycles. The molecule has 0 saturated heterocycles. The lowest BCUT2D eigenvalue weighted by Crippen LogP contribution is -2.09. The van der Waals surface area contributed by atoms with E-state index in [1.165, 1.54) is 6.21 Å². The molecule has 0 saturated carbocycles. The van der Waals surface area contributed by atoms with Crippen LogP contribution >= 0.6 is 0 Å². The van der Waals surface area contributed by atoms with Gasteiger partial charge in [0.2, 0.25) is 0 Å². The number of hydrogen-bond acceptors (Lipinski definition) is 7. The average Bonchev–Trinajstić information content (AvgIpc) is 3.08. The van der Waals surface area contributed by atoms with Crippen LogP contribution in [-0.4, -0.2) is 43.7 Å². The lowest BCUT2D eigenvalue weighted by atomic mass is 9.93. The zero-order valence-electron chi connectivity index (χ0n) is 16.2. The Morgan fingerprint density at radius 3 is 2.82 bits per heavy atom. The largest absolute Gasteiger partial charge is 0.466 e. The fourth-order valence-corrected chi connectivity index (χ4v) is 3.27. The summed E-state index contributed by atoms with van der Waals surface area (Å²) < 4.78 is 6.85. The van der Waals surface area contributed by atoms with E-state index in [0.717, 1.165) is 27.6 Å². The summed E-state index contributed by atoms with van der Waals surface area (Å²) >= 11 is 0. The van der Waals surface area contributed by atoms with E-state index in [0.29, 0.717) is 30.9 Å². The van der Waals surface area contributed by atoms with Gasteiger partial charge in [0.05, 0.1) is 24.7 Å². The lowest BCUT2D eigenvalue weighted by Gasteiger charge is -2.14. The van der Waals surface area contributed by atoms with E-state index in [-0.39, 0.29) is 12.4 Å². The maximum absolute atomic E-state index is 11.9. The maximum Gasteiger partial charge on any atom is 0.306 e. The van der Waals surface area contributed by atoms with Crippen LogP contribution in [0.15, 0.2) is 29.8 Å². The van der Waals surface area contributed by atoms with Crippen LogP contribution < -0.4 is 0 Å². The molecular weight excluding hydrogens is 358 g/mol. The standard InChI is InChI=1S/C20H23N5O3/c1-4-25-20-16(11-22-25)19(14-8-13(3)9-21-10-14)15(17(24-20)12-23-27)6-7-18(26)28-5-2/h8-12,27H,4-7H2,1-3H3/b23-12+. The van der Waals surface area contributed by atoms with E-state index in [9.17, 15) is 4.79 Å². The predicted octanol–water partition coefficient (Wildman–Crippen LogP) is 3.13. The number of fused-ring (bicyclic) bond motifs is 1. The minimum absolute atomic E-state index is 0.196. The smallest absolute Gasteiger partial charge is 0.306 e. The van der Waals surface area contributed by atoms with Crippen LogP contribution in [0.2, 0.25) is 0 Å². The monoisotopic (exact) mass is 381 g/mol. The van der Waals surface area contributed by atoms with E-state index in [2.05, 4.69) is 20.2 Å². The number of aryl methyl sites for hydroxylation is 2. The van der Waals surface area contributed by atoms with Crippen molar-refractivity contribution >= 4 is 23.2 Å². The van der Waals surface area contributed by atoms with Gasteiger partial charge < -0.3 is 9.94 Å². The lowest BCUT2D eigenvalue weighted by molar-refractivity contribution is -0.143. The molecule has 3 aromatic rings. The number of carbonyl (C=O) groups is 1. The minimum atomic E-state index is -0.285. The molecule has 3 aromatic heterocycles. The van der Waals surface area contributed by atoms with Gasteiger partial charge >= 0.3 is 5.97 Å². The SMILES string of the molecule is CCOC(=O)CCc1c(/C=N/O)nc2c(cnn2CC)c1-c1cncc(C)c1. The van der Waals surface area contributed by atoms with Crippen molar-refractivity contribution < 1.29 is 14.7 Å². The molecule has 1 N–H and O–H groups in total. The van der Waals surface area contributed by atoms with Crippen molar-refractivity contribution in [2.24, 2.45) is 5.16 Å². The van der Waals surface area contributed by atoms with Crippen molar-refractivity contribution in [2.45, 2.75) is 40.2 Å². The van der Waals surface area contributed by atoms with Crippen LogP contribution in [0.5, 0.6) is 0 Å². The number of oxime groups is 1. The Morgan fingerprint density at radius 2 is 2.14 bits per heavy atom. The second kappa shape index (κ2) is 8.60. The van der Waals surface area contributed by atoms with Gasteiger partial charge in [0, 0.05) is 41.9 Å². The van der Waals surface area contributed by atoms with E-state index in [4.69, 9.17) is 9.94 Å². The highest BCUT2D eigenvalue weighted by Crippen LogP contribution is 2.33. The Labute approximate surface area is 162 Å². The molecule has 3 rings (SSSR count). The van der Waals surface area contributed by atoms with Crippen LogP contribution in [0.4, 0.5) is 0 Å². The second-order valence-electron chi connectivity index (χ2n) is 6.35. The first kappa shape index (κ1) is 19.5. The van der Waals surface area contributed by atoms with Gasteiger partial charge in [0.15, 0.2) is 5.65 Å². The Hall–Kier alpha value is -3.29. The van der Waals surface area contributed by atoms with E-state index < -0.39 is 0 Å². The number of nitrogens with zero attached hydrogens (tertiary/aromatic N) is 5. The molecule has 0 aliphatic rings. The fraction of sp³-hybridized carbons (Fsp3) is 0.350. The third kappa shape index (κ3) is 3.85. The van der Waals surface area contributed by atoms with Crippen LogP contribution in [0.1, 0.15) is 37.1 Å². The first-order chi connectivity index (χ1) is 13.6. The summed E-state index contributed by atoms with van der Waals surface area (Å²) in [5, 5.41) is 17.6. The Morgan fingerprint density at radius 1 is 1.32 bits per heavy atom. The molecule has 8 nitrogen and oxygen atoms in total. The Kier molecular flexibility index (Phi) is 5.98. The van der Waals surface area contributed by atoms with E-state index in [1.54, 1.807) is 30.2 Å². The van der Waals surface area contributed by atoms with Crippen molar-refractivity contribution in [3.8, 4) is 11.1 Å². The molecule has 8 heteroatoms. The van der Waals surface area contributed by atoms with Crippen LogP contribution in [0.3, 0.4) is 0 Å². The summed E-state index contributed by atoms with van der Waals surface area (Å²) in [7, 11) is 0. The second-order valence-corrected chi connectivity index (χ2v) is 6.35. The Bertz CT molecular complexity index is 1030. The van der Waals surface area contributed by atoms with E-state index >= 15 is 0 Å².